The Hall–Kier alpha value is -1.13. The average Bonchev–Trinajstić information content (AvgIpc) is 2.99. The van der Waals surface area contributed by atoms with Crippen molar-refractivity contribution in [3.8, 4) is 0 Å². The van der Waals surface area contributed by atoms with Crippen LogP contribution in [0.15, 0.2) is 36.4 Å². The van der Waals surface area contributed by atoms with Crippen LogP contribution < -0.4 is 0 Å². The molecule has 4 heteroatoms. The monoisotopic (exact) mass is 266 g/mol. The summed E-state index contributed by atoms with van der Waals surface area (Å²) in [7, 11) is -3.42. The fourth-order valence-electron chi connectivity index (χ4n) is 2.23. The number of rotatable bonds is 5. The van der Waals surface area contributed by atoms with Crippen molar-refractivity contribution in [2.45, 2.75) is 25.4 Å². The minimum Gasteiger partial charge on any atom is -0.259 e. The van der Waals surface area contributed by atoms with Gasteiger partial charge >= 0.3 is 0 Å². The third-order valence-electron chi connectivity index (χ3n) is 3.25. The molecule has 3 nitrogen and oxygen atoms in total. The first kappa shape index (κ1) is 13.3. The lowest BCUT2D eigenvalue weighted by Crippen LogP contribution is -2.19. The van der Waals surface area contributed by atoms with Gasteiger partial charge in [-0.15, -0.1) is 0 Å². The predicted molar refractivity (Wildman–Crippen MR) is 72.5 cm³/mol. The van der Waals surface area contributed by atoms with E-state index in [-0.39, 0.29) is 0 Å². The van der Waals surface area contributed by atoms with Crippen LogP contribution in [-0.4, -0.2) is 20.3 Å². The zero-order chi connectivity index (χ0) is 13.2. The van der Waals surface area contributed by atoms with Crippen LogP contribution in [0.3, 0.4) is 0 Å². The summed E-state index contributed by atoms with van der Waals surface area (Å²) in [6.45, 7) is 2.05. The fourth-order valence-corrected chi connectivity index (χ4v) is 3.06. The van der Waals surface area contributed by atoms with Crippen LogP contribution in [0.2, 0.25) is 0 Å². The molecule has 2 atom stereocenters. The van der Waals surface area contributed by atoms with E-state index in [1.54, 1.807) is 0 Å². The molecule has 0 aliphatic heterocycles. The Morgan fingerprint density at radius 2 is 2.06 bits per heavy atom. The van der Waals surface area contributed by atoms with Crippen LogP contribution >= 0.6 is 0 Å². The summed E-state index contributed by atoms with van der Waals surface area (Å²) in [5, 5.41) is 0. The van der Waals surface area contributed by atoms with Crippen LogP contribution in [0.5, 0.6) is 0 Å². The van der Waals surface area contributed by atoms with Gasteiger partial charge in [0.1, 0.15) is 5.60 Å². The normalized spacial score (nSPS) is 27.6. The van der Waals surface area contributed by atoms with Crippen LogP contribution in [0, 0.1) is 5.92 Å². The largest absolute Gasteiger partial charge is 0.265 e. The molecular formula is C14H18O3S. The maximum atomic E-state index is 11.3. The summed E-state index contributed by atoms with van der Waals surface area (Å²) in [6, 6.07) is 9.82. The van der Waals surface area contributed by atoms with E-state index >= 15 is 0 Å². The molecule has 2 rings (SSSR count). The molecule has 98 valence electrons. The Bertz CT molecular complexity index is 533. The van der Waals surface area contributed by atoms with Gasteiger partial charge in [-0.3, -0.25) is 4.18 Å². The Morgan fingerprint density at radius 1 is 1.39 bits per heavy atom. The molecule has 1 aromatic rings. The molecule has 1 aliphatic carbocycles. The van der Waals surface area contributed by atoms with E-state index in [2.05, 4.69) is 6.92 Å². The average molecular weight is 266 g/mol. The first-order valence-corrected chi connectivity index (χ1v) is 7.92. The van der Waals surface area contributed by atoms with Crippen LogP contribution in [-0.2, 0) is 14.3 Å². The third-order valence-corrected chi connectivity index (χ3v) is 3.87. The van der Waals surface area contributed by atoms with Gasteiger partial charge in [0.25, 0.3) is 10.1 Å². The van der Waals surface area contributed by atoms with Gasteiger partial charge < -0.3 is 0 Å². The van der Waals surface area contributed by atoms with Crippen molar-refractivity contribution >= 4 is 16.2 Å². The number of hydrogen-bond acceptors (Lipinski definition) is 3. The SMILES string of the molecule is CC[C@@H]1C[C@@]1(/C=C/c1ccccc1)OS(C)(=O)=O. The standard InChI is InChI=1S/C14H18O3S/c1-3-13-11-14(13,17-18(2,15)16)10-9-12-7-5-4-6-8-12/h4-10,13H,3,11H2,1-2H3/b10-9+/t13-,14-/m1/s1. The molecule has 1 saturated carbocycles. The summed E-state index contributed by atoms with van der Waals surface area (Å²) >= 11 is 0. The van der Waals surface area contributed by atoms with E-state index in [9.17, 15) is 8.42 Å². The van der Waals surface area contributed by atoms with E-state index in [0.717, 1.165) is 24.7 Å². The van der Waals surface area contributed by atoms with Gasteiger partial charge in [-0.25, -0.2) is 0 Å². The Balaban J connectivity index is 2.16. The van der Waals surface area contributed by atoms with E-state index < -0.39 is 15.7 Å². The second-order valence-electron chi connectivity index (χ2n) is 4.80. The summed E-state index contributed by atoms with van der Waals surface area (Å²) in [6.07, 6.45) is 6.63. The van der Waals surface area contributed by atoms with Crippen molar-refractivity contribution in [2.24, 2.45) is 5.92 Å². The van der Waals surface area contributed by atoms with Crippen LogP contribution in [0.25, 0.3) is 6.08 Å². The first-order chi connectivity index (χ1) is 8.45. The molecule has 0 spiro atoms. The Kier molecular flexibility index (Phi) is 3.59. The van der Waals surface area contributed by atoms with Gasteiger partial charge in [-0.1, -0.05) is 55.8 Å². The molecule has 0 N–H and O–H groups in total. The second kappa shape index (κ2) is 4.86. The van der Waals surface area contributed by atoms with Crippen LogP contribution in [0.1, 0.15) is 25.3 Å². The molecule has 0 saturated heterocycles. The lowest BCUT2D eigenvalue weighted by atomic mass is 10.1. The number of hydrogen-bond donors (Lipinski definition) is 0. The van der Waals surface area contributed by atoms with Crippen molar-refractivity contribution in [3.63, 3.8) is 0 Å². The summed E-state index contributed by atoms with van der Waals surface area (Å²) in [4.78, 5) is 0. The third kappa shape index (κ3) is 3.21. The molecule has 0 radical (unpaired) electrons. The molecule has 0 bridgehead atoms. The van der Waals surface area contributed by atoms with Crippen LogP contribution in [0.4, 0.5) is 0 Å². The van der Waals surface area contributed by atoms with Gasteiger partial charge in [0, 0.05) is 0 Å². The molecule has 0 unspecified atom stereocenters. The van der Waals surface area contributed by atoms with Crippen molar-refractivity contribution < 1.29 is 12.6 Å². The maximum Gasteiger partial charge on any atom is 0.265 e. The molecule has 0 heterocycles. The Morgan fingerprint density at radius 3 is 2.56 bits per heavy atom. The highest BCUT2D eigenvalue weighted by molar-refractivity contribution is 7.86. The molecule has 18 heavy (non-hydrogen) atoms. The van der Waals surface area contributed by atoms with E-state index in [4.69, 9.17) is 4.18 Å². The Labute approximate surface area is 109 Å². The minimum atomic E-state index is -3.42. The highest BCUT2D eigenvalue weighted by Gasteiger charge is 2.54. The predicted octanol–water partition coefficient (Wildman–Crippen LogP) is 2.84. The first-order valence-electron chi connectivity index (χ1n) is 6.10. The van der Waals surface area contributed by atoms with Gasteiger partial charge in [0.2, 0.25) is 0 Å². The minimum absolute atomic E-state index is 0.298. The van der Waals surface area contributed by atoms with E-state index in [1.807, 2.05) is 42.5 Å². The smallest absolute Gasteiger partial charge is 0.259 e. The van der Waals surface area contributed by atoms with Crippen molar-refractivity contribution in [1.29, 1.82) is 0 Å². The van der Waals surface area contributed by atoms with E-state index in [1.165, 1.54) is 0 Å². The highest BCUT2D eigenvalue weighted by Crippen LogP contribution is 2.51. The zero-order valence-electron chi connectivity index (χ0n) is 10.7. The maximum absolute atomic E-state index is 11.3. The summed E-state index contributed by atoms with van der Waals surface area (Å²) in [5.74, 6) is 0.298. The fraction of sp³-hybridized carbons (Fsp3) is 0.429. The topological polar surface area (TPSA) is 43.4 Å². The van der Waals surface area contributed by atoms with Crippen molar-refractivity contribution in [2.75, 3.05) is 6.26 Å². The lowest BCUT2D eigenvalue weighted by Gasteiger charge is -2.11. The summed E-state index contributed by atoms with van der Waals surface area (Å²) < 4.78 is 27.9. The molecule has 1 fully saturated rings. The van der Waals surface area contributed by atoms with Gasteiger partial charge in [0.15, 0.2) is 0 Å². The van der Waals surface area contributed by atoms with E-state index in [0.29, 0.717) is 5.92 Å². The van der Waals surface area contributed by atoms with Crippen molar-refractivity contribution in [3.05, 3.63) is 42.0 Å². The van der Waals surface area contributed by atoms with Crippen molar-refractivity contribution in [1.82, 2.24) is 0 Å². The molecule has 0 aromatic heterocycles. The molecule has 1 aromatic carbocycles. The molecular weight excluding hydrogens is 248 g/mol. The quantitative estimate of drug-likeness (QED) is 0.770. The summed E-state index contributed by atoms with van der Waals surface area (Å²) in [5.41, 5.74) is 0.439. The van der Waals surface area contributed by atoms with Gasteiger partial charge in [0.05, 0.1) is 6.26 Å². The lowest BCUT2D eigenvalue weighted by molar-refractivity contribution is 0.220. The highest BCUT2D eigenvalue weighted by atomic mass is 32.2. The molecule has 1 aliphatic rings. The molecule has 0 amide bonds. The number of benzene rings is 1. The second-order valence-corrected chi connectivity index (χ2v) is 6.37. The zero-order valence-corrected chi connectivity index (χ0v) is 11.5. The van der Waals surface area contributed by atoms with Gasteiger partial charge in [-0.2, -0.15) is 8.42 Å². The van der Waals surface area contributed by atoms with Gasteiger partial charge in [-0.05, 0) is 17.9 Å².